The Hall–Kier alpha value is -4.63. The summed E-state index contributed by atoms with van der Waals surface area (Å²) in [6, 6.07) is 0.0132. The molecule has 0 aromatic carbocycles. The van der Waals surface area contributed by atoms with E-state index in [2.05, 4.69) is 36.4 Å². The standard InChI is InChI=1S/C56H93N5O15/c1-6-9-12-15-18-21-24-26-32-43(63)71-40-37-41(53(68)59-39-31-29-30-38(4)58-52(39)67)72-55(46(40)73-44(64)33-27-25-22-19-16-13-10-7-2)76-49(51(57)66)48-47(70-5)50(54(75-48)61-36-35-42(62)60-56(61)69)74-45(65)34-28-23-20-17-14-11-8-3/h35-40,43,46-50,54-55,63H,6-34H2,1-5H3,(H2,57,66)(H,58,67)(H,59,68)(H,60,62,69)/t38-,39+,40+,43?,46+,47-,48+,49-,50-,54-,55-/m1/s1. The molecule has 0 radical (unpaired) electrons. The number of aromatic amines is 1. The van der Waals surface area contributed by atoms with E-state index in [0.29, 0.717) is 38.5 Å². The lowest BCUT2D eigenvalue weighted by Gasteiger charge is -2.38. The second-order valence-corrected chi connectivity index (χ2v) is 20.9. The second-order valence-electron chi connectivity index (χ2n) is 20.9. The Morgan fingerprint density at radius 3 is 1.83 bits per heavy atom. The summed E-state index contributed by atoms with van der Waals surface area (Å²) in [5.74, 6) is -4.13. The third-order valence-electron chi connectivity index (χ3n) is 14.4. The number of aliphatic hydroxyl groups is 1. The number of hydrogen-bond acceptors (Lipinski definition) is 15. The average Bonchev–Trinajstić information content (AvgIpc) is 3.64. The van der Waals surface area contributed by atoms with Gasteiger partial charge in [0, 0.05) is 38.3 Å². The molecule has 0 bridgehead atoms. The van der Waals surface area contributed by atoms with Crippen LogP contribution in [0.25, 0.3) is 0 Å². The minimum Gasteiger partial charge on any atom is -0.455 e. The molecule has 20 nitrogen and oxygen atoms in total. The minimum absolute atomic E-state index is 0.00375. The van der Waals surface area contributed by atoms with Crippen molar-refractivity contribution in [2.24, 2.45) is 5.73 Å². The van der Waals surface area contributed by atoms with Crippen molar-refractivity contribution >= 4 is 29.7 Å². The highest BCUT2D eigenvalue weighted by molar-refractivity contribution is 5.96. The number of nitrogens with one attached hydrogen (secondary N) is 3. The van der Waals surface area contributed by atoms with Gasteiger partial charge in [-0.2, -0.15) is 0 Å². The van der Waals surface area contributed by atoms with E-state index in [-0.39, 0.29) is 25.3 Å². The molecule has 4 rings (SSSR count). The maximum absolute atomic E-state index is 14.3. The van der Waals surface area contributed by atoms with Crippen LogP contribution >= 0.6 is 0 Å². The van der Waals surface area contributed by atoms with Crippen LogP contribution in [0.3, 0.4) is 0 Å². The molecule has 4 heterocycles. The summed E-state index contributed by atoms with van der Waals surface area (Å²) in [7, 11) is 1.27. The molecular formula is C56H93N5O15. The van der Waals surface area contributed by atoms with E-state index >= 15 is 0 Å². The molecule has 1 aromatic heterocycles. The van der Waals surface area contributed by atoms with E-state index in [4.69, 9.17) is 38.9 Å². The van der Waals surface area contributed by atoms with Gasteiger partial charge >= 0.3 is 17.6 Å². The second kappa shape index (κ2) is 35.7. The predicted molar refractivity (Wildman–Crippen MR) is 284 cm³/mol. The maximum atomic E-state index is 14.3. The fraction of sp³-hybridized carbons (Fsp3) is 0.804. The molecule has 3 amide bonds. The van der Waals surface area contributed by atoms with Gasteiger partial charge in [-0.05, 0) is 57.9 Å². The van der Waals surface area contributed by atoms with Crippen LogP contribution in [0.2, 0.25) is 0 Å². The van der Waals surface area contributed by atoms with Crippen LogP contribution in [0.5, 0.6) is 0 Å². The Bertz CT molecular complexity index is 2050. The minimum atomic E-state index is -1.91. The molecule has 6 N–H and O–H groups in total. The van der Waals surface area contributed by atoms with Crippen LogP contribution < -0.4 is 27.6 Å². The number of hydrogen-bond donors (Lipinski definition) is 5. The van der Waals surface area contributed by atoms with Gasteiger partial charge in [-0.3, -0.25) is 38.3 Å². The number of H-pyrrole nitrogens is 1. The van der Waals surface area contributed by atoms with Crippen LogP contribution in [-0.2, 0) is 57.1 Å². The number of ether oxygens (including phenoxy) is 7. The van der Waals surface area contributed by atoms with Gasteiger partial charge in [-0.15, -0.1) is 0 Å². The van der Waals surface area contributed by atoms with Crippen LogP contribution in [0, 0.1) is 0 Å². The molecule has 2 fully saturated rings. The number of rotatable bonds is 38. The number of unbranched alkanes of at least 4 members (excludes halogenated alkanes) is 20. The number of nitrogens with two attached hydrogens (primary N) is 1. The van der Waals surface area contributed by atoms with Crippen molar-refractivity contribution in [2.75, 3.05) is 7.11 Å². The lowest BCUT2D eigenvalue weighted by atomic mass is 10.0. The summed E-state index contributed by atoms with van der Waals surface area (Å²) in [5.41, 5.74) is 4.51. The van der Waals surface area contributed by atoms with Crippen LogP contribution in [0.15, 0.2) is 33.7 Å². The number of aromatic nitrogens is 2. The van der Waals surface area contributed by atoms with Crippen molar-refractivity contribution in [2.45, 2.75) is 281 Å². The quantitative estimate of drug-likeness (QED) is 0.0244. The molecule has 0 aliphatic carbocycles. The summed E-state index contributed by atoms with van der Waals surface area (Å²) in [5, 5.41) is 17.1. The van der Waals surface area contributed by atoms with Crippen molar-refractivity contribution in [3.63, 3.8) is 0 Å². The first kappa shape index (κ1) is 63.9. The third-order valence-corrected chi connectivity index (χ3v) is 14.4. The molecular weight excluding hydrogens is 983 g/mol. The van der Waals surface area contributed by atoms with Crippen LogP contribution in [0.1, 0.15) is 220 Å². The number of nitrogens with zero attached hydrogens (tertiary/aromatic N) is 1. The number of methoxy groups -OCH3 is 1. The first-order chi connectivity index (χ1) is 36.7. The number of amides is 3. The number of carbonyl (C=O) groups is 5. The summed E-state index contributed by atoms with van der Waals surface area (Å²) >= 11 is 0. The number of esters is 2. The van der Waals surface area contributed by atoms with Gasteiger partial charge in [0.2, 0.25) is 18.1 Å². The van der Waals surface area contributed by atoms with E-state index in [1.54, 1.807) is 0 Å². The highest BCUT2D eigenvalue weighted by atomic mass is 16.7. The summed E-state index contributed by atoms with van der Waals surface area (Å²) in [6.45, 7) is 8.33. The monoisotopic (exact) mass is 1080 g/mol. The Morgan fingerprint density at radius 2 is 1.29 bits per heavy atom. The van der Waals surface area contributed by atoms with Crippen molar-refractivity contribution in [3.05, 3.63) is 44.9 Å². The molecule has 0 spiro atoms. The summed E-state index contributed by atoms with van der Waals surface area (Å²) < 4.78 is 44.3. The molecule has 3 aliphatic heterocycles. The van der Waals surface area contributed by atoms with Gasteiger partial charge in [0.05, 0.1) is 0 Å². The maximum Gasteiger partial charge on any atom is 0.330 e. The van der Waals surface area contributed by atoms with Crippen molar-refractivity contribution < 1.29 is 62.2 Å². The van der Waals surface area contributed by atoms with Crippen molar-refractivity contribution in [1.82, 2.24) is 20.2 Å². The van der Waals surface area contributed by atoms with Crippen LogP contribution in [0.4, 0.5) is 0 Å². The van der Waals surface area contributed by atoms with Gasteiger partial charge in [0.15, 0.2) is 36.6 Å². The summed E-state index contributed by atoms with van der Waals surface area (Å²) in [6.07, 6.45) is 12.7. The SMILES string of the molecule is CCCCCCCCCCC(=O)O[C@@H]1[C@@H](O[C@@H](C(N)=O)[C@H]2O[C@@H](n3ccc(=O)[nH]c3=O)[C@H](OC(=O)CCCCCCCCC)[C@@H]2OC)OC(C(=O)N[C@H]2CCC[C@@H](C)NC2=O)=C[C@@H]1OC(O)CCCCCCCCCC. The summed E-state index contributed by atoms with van der Waals surface area (Å²) in [4.78, 5) is 96.4. The van der Waals surface area contributed by atoms with E-state index in [1.807, 2.05) is 6.92 Å². The Kier molecular flexibility index (Phi) is 30.0. The molecule has 0 saturated carbocycles. The molecule has 432 valence electrons. The average molecular weight is 1080 g/mol. The number of aliphatic hydroxyl groups excluding tert-OH is 1. The van der Waals surface area contributed by atoms with Gasteiger partial charge in [0.1, 0.15) is 24.4 Å². The fourth-order valence-corrected chi connectivity index (χ4v) is 10.0. The van der Waals surface area contributed by atoms with Crippen LogP contribution in [-0.4, -0.2) is 113 Å². The van der Waals surface area contributed by atoms with Crippen molar-refractivity contribution in [1.29, 1.82) is 0 Å². The molecule has 76 heavy (non-hydrogen) atoms. The normalized spacial score (nSPS) is 24.4. The molecule has 2 saturated heterocycles. The largest absolute Gasteiger partial charge is 0.455 e. The zero-order valence-electron chi connectivity index (χ0n) is 46.3. The van der Waals surface area contributed by atoms with E-state index in [1.165, 1.54) is 32.4 Å². The molecule has 1 aromatic rings. The molecule has 1 unspecified atom stereocenters. The smallest absolute Gasteiger partial charge is 0.330 e. The lowest BCUT2D eigenvalue weighted by Crippen LogP contribution is -2.56. The van der Waals surface area contributed by atoms with Gasteiger partial charge in [0.25, 0.3) is 11.5 Å². The zero-order valence-corrected chi connectivity index (χ0v) is 46.3. The van der Waals surface area contributed by atoms with Crippen molar-refractivity contribution in [3.8, 4) is 0 Å². The zero-order chi connectivity index (χ0) is 55.2. The van der Waals surface area contributed by atoms with E-state index < -0.39 is 108 Å². The molecule has 20 heteroatoms. The highest BCUT2D eigenvalue weighted by Crippen LogP contribution is 2.37. The number of carbonyl (C=O) groups excluding carboxylic acids is 5. The highest BCUT2D eigenvalue weighted by Gasteiger charge is 2.55. The van der Waals surface area contributed by atoms with Gasteiger partial charge in [-0.1, -0.05) is 149 Å². The Balaban J connectivity index is 1.69. The first-order valence-electron chi connectivity index (χ1n) is 28.9. The third kappa shape index (κ3) is 22.0. The van der Waals surface area contributed by atoms with E-state index in [9.17, 15) is 38.7 Å². The van der Waals surface area contributed by atoms with E-state index in [0.717, 1.165) is 126 Å². The topological polar surface area (TPSA) is 275 Å². The fourth-order valence-electron chi connectivity index (χ4n) is 10.0. The first-order valence-corrected chi connectivity index (χ1v) is 28.9. The Labute approximate surface area is 450 Å². The van der Waals surface area contributed by atoms with Gasteiger partial charge < -0.3 is 54.6 Å². The Morgan fingerprint density at radius 1 is 0.750 bits per heavy atom. The predicted octanol–water partition coefficient (Wildman–Crippen LogP) is 7.46. The molecule has 3 aliphatic rings. The lowest BCUT2D eigenvalue weighted by molar-refractivity contribution is -0.264. The molecule has 11 atom stereocenters. The van der Waals surface area contributed by atoms with Gasteiger partial charge in [-0.25, -0.2) is 4.79 Å². The number of primary amides is 1.